The molecule has 0 unspecified atom stereocenters. The lowest BCUT2D eigenvalue weighted by molar-refractivity contribution is 1.02. The molecule has 1 aromatic heterocycles. The van der Waals surface area contributed by atoms with Gasteiger partial charge in [0.05, 0.1) is 0 Å². The summed E-state index contributed by atoms with van der Waals surface area (Å²) in [6.07, 6.45) is -3.26. The maximum Gasteiger partial charge on any atom is 0.181 e. The van der Waals surface area contributed by atoms with E-state index in [0.717, 1.165) is 6.07 Å². The molecule has 2 heteroatoms. The molecular weight excluding hydrogens is 126 g/mol. The molecule has 0 spiro atoms. The van der Waals surface area contributed by atoms with Crippen LogP contribution in [0.2, 0.25) is 0 Å². The second kappa shape index (κ2) is 1.97. The van der Waals surface area contributed by atoms with Crippen molar-refractivity contribution in [3.05, 3.63) is 34.2 Å². The lowest BCUT2D eigenvalue weighted by Gasteiger charge is -1.93. The van der Waals surface area contributed by atoms with Crippen LogP contribution in [0, 0.1) is 0 Å². The first kappa shape index (κ1) is 2.53. The van der Waals surface area contributed by atoms with Crippen molar-refractivity contribution in [2.45, 2.75) is 18.6 Å². The molecule has 2 rings (SSSR count). The molecule has 1 fully saturated rings. The molecule has 1 aliphatic rings. The molecule has 1 saturated carbocycles. The Labute approximate surface area is 65.9 Å². The average molecular weight is 140 g/mol. The van der Waals surface area contributed by atoms with E-state index in [-0.39, 0.29) is 11.1 Å². The van der Waals surface area contributed by atoms with Crippen molar-refractivity contribution in [1.29, 1.82) is 0 Å². The number of hydrogen-bond donors (Lipinski definition) is 1. The number of pyridine rings is 1. The average Bonchev–Trinajstić information content (AvgIpc) is 2.45. The van der Waals surface area contributed by atoms with E-state index in [2.05, 4.69) is 4.98 Å². The molecule has 0 aromatic carbocycles. The molecule has 0 radical (unpaired) electrons. The summed E-state index contributed by atoms with van der Waals surface area (Å²) < 4.78 is 37.3. The normalized spacial score (nSPS) is 37.8. The summed E-state index contributed by atoms with van der Waals surface area (Å²) in [5, 5.41) is 0. The Morgan fingerprint density at radius 2 is 2.60 bits per heavy atom. The predicted octanol–water partition coefficient (Wildman–Crippen LogP) is 1.25. The molecule has 1 aliphatic carbocycles. The summed E-state index contributed by atoms with van der Waals surface area (Å²) in [6, 6.07) is 2.30. The van der Waals surface area contributed by atoms with Gasteiger partial charge >= 0.3 is 0 Å². The molecule has 0 aliphatic heterocycles. The van der Waals surface area contributed by atoms with Crippen LogP contribution in [0.15, 0.2) is 23.1 Å². The summed E-state index contributed by atoms with van der Waals surface area (Å²) >= 11 is 0. The zero-order valence-electron chi connectivity index (χ0n) is 10.1. The van der Waals surface area contributed by atoms with Gasteiger partial charge in [0.25, 0.3) is 0 Å². The largest absolute Gasteiger partial charge is 0.365 e. The summed E-state index contributed by atoms with van der Waals surface area (Å²) in [6.45, 7) is 0. The molecule has 2 nitrogen and oxygen atoms in total. The fraction of sp³-hybridized carbons (Fsp3) is 0.375. The number of hydrogen-bond acceptors (Lipinski definition) is 1. The quantitative estimate of drug-likeness (QED) is 0.625. The van der Waals surface area contributed by atoms with E-state index in [9.17, 15) is 4.79 Å². The van der Waals surface area contributed by atoms with E-state index in [1.807, 2.05) is 0 Å². The second-order valence-electron chi connectivity index (χ2n) is 2.06. The van der Waals surface area contributed by atoms with E-state index < -0.39 is 18.6 Å². The van der Waals surface area contributed by atoms with Crippen molar-refractivity contribution in [3.8, 4) is 0 Å². The van der Waals surface area contributed by atoms with Crippen molar-refractivity contribution >= 4 is 0 Å². The highest BCUT2D eigenvalue weighted by Gasteiger charge is 2.23. The van der Waals surface area contributed by atoms with Gasteiger partial charge in [0.2, 0.25) is 0 Å². The Morgan fingerprint density at radius 3 is 3.20 bits per heavy atom. The van der Waals surface area contributed by atoms with Gasteiger partial charge in [-0.1, -0.05) is 0 Å². The third kappa shape index (κ3) is 0.967. The fourth-order valence-corrected chi connectivity index (χ4v) is 0.756. The van der Waals surface area contributed by atoms with Crippen molar-refractivity contribution in [3.63, 3.8) is 0 Å². The first-order valence-electron chi connectivity index (χ1n) is 5.44. The number of nitrogens with one attached hydrogen (secondary N) is 1. The summed E-state index contributed by atoms with van der Waals surface area (Å²) in [5.41, 5.74) is -0.390. The van der Waals surface area contributed by atoms with Crippen LogP contribution < -0.4 is 5.43 Å². The van der Waals surface area contributed by atoms with Crippen LogP contribution in [0.5, 0.6) is 0 Å². The lowest BCUT2D eigenvalue weighted by atomic mass is 10.2. The molecule has 1 N–H and O–H groups in total. The predicted molar refractivity (Wildman–Crippen MR) is 39.0 cm³/mol. The van der Waals surface area contributed by atoms with E-state index in [1.54, 1.807) is 0 Å². The van der Waals surface area contributed by atoms with E-state index >= 15 is 0 Å². The lowest BCUT2D eigenvalue weighted by Crippen LogP contribution is -1.99. The van der Waals surface area contributed by atoms with Crippen LogP contribution in [0.1, 0.15) is 31.2 Å². The summed E-state index contributed by atoms with van der Waals surface area (Å²) in [7, 11) is 0. The van der Waals surface area contributed by atoms with Crippen LogP contribution in [0.4, 0.5) is 0 Å². The van der Waals surface area contributed by atoms with Gasteiger partial charge in [-0.2, -0.15) is 0 Å². The van der Waals surface area contributed by atoms with E-state index in [1.165, 1.54) is 12.3 Å². The summed E-state index contributed by atoms with van der Waals surface area (Å²) in [4.78, 5) is 13.6. The number of aromatic amines is 1. The van der Waals surface area contributed by atoms with Gasteiger partial charge in [0, 0.05) is 30.9 Å². The third-order valence-corrected chi connectivity index (χ3v) is 1.29. The van der Waals surface area contributed by atoms with Gasteiger partial charge < -0.3 is 4.98 Å². The Hall–Kier alpha value is -1.05. The van der Waals surface area contributed by atoms with Crippen molar-refractivity contribution in [2.24, 2.45) is 0 Å². The highest BCUT2D eigenvalue weighted by Crippen LogP contribution is 2.37. The zero-order valence-corrected chi connectivity index (χ0v) is 5.14. The van der Waals surface area contributed by atoms with Crippen LogP contribution in [0.25, 0.3) is 0 Å². The van der Waals surface area contributed by atoms with Gasteiger partial charge in [-0.15, -0.1) is 0 Å². The maximum absolute atomic E-state index is 11.0. The number of rotatable bonds is 1. The molecule has 10 heavy (non-hydrogen) atoms. The SMILES string of the molecule is [2H]C1([2H])C([2H])([2H])C1([2H])c1cc(=O)cc[nH]1. The van der Waals surface area contributed by atoms with Gasteiger partial charge in [-0.25, -0.2) is 0 Å². The van der Waals surface area contributed by atoms with Crippen LogP contribution in [-0.4, -0.2) is 4.98 Å². The zero-order chi connectivity index (χ0) is 11.5. The van der Waals surface area contributed by atoms with Gasteiger partial charge in [-0.3, -0.25) is 4.79 Å². The van der Waals surface area contributed by atoms with Gasteiger partial charge in [-0.05, 0) is 18.6 Å². The number of H-pyrrole nitrogens is 1. The third-order valence-electron chi connectivity index (χ3n) is 1.29. The highest BCUT2D eigenvalue weighted by molar-refractivity contribution is 5.14. The monoisotopic (exact) mass is 140 g/mol. The fourth-order valence-electron chi connectivity index (χ4n) is 0.756. The first-order valence-corrected chi connectivity index (χ1v) is 2.94. The molecule has 52 valence electrons. The molecule has 0 amide bonds. The van der Waals surface area contributed by atoms with E-state index in [0.29, 0.717) is 0 Å². The van der Waals surface area contributed by atoms with Crippen LogP contribution >= 0.6 is 0 Å². The smallest absolute Gasteiger partial charge is 0.181 e. The Morgan fingerprint density at radius 1 is 1.80 bits per heavy atom. The molecular formula is C8H9NO. The molecule has 0 atom stereocenters. The number of aromatic nitrogens is 1. The van der Waals surface area contributed by atoms with Gasteiger partial charge in [0.1, 0.15) is 0 Å². The van der Waals surface area contributed by atoms with E-state index in [4.69, 9.17) is 6.85 Å². The minimum absolute atomic E-state index is 0.0231. The maximum atomic E-state index is 11.0. The standard InChI is InChI=1S/C8H9NO/c10-7-3-4-9-8(5-7)6-1-2-6/h3-6H,1-2H2,(H,9,10)/i1D2,2D2,6D. The first-order chi connectivity index (χ1) is 6.75. The highest BCUT2D eigenvalue weighted by atomic mass is 16.1. The second-order valence-corrected chi connectivity index (χ2v) is 2.06. The van der Waals surface area contributed by atoms with Crippen molar-refractivity contribution in [1.82, 2.24) is 4.98 Å². The minimum Gasteiger partial charge on any atom is -0.365 e. The van der Waals surface area contributed by atoms with Gasteiger partial charge in [0.15, 0.2) is 5.43 Å². The Kier molecular flexibility index (Phi) is 0.499. The molecule has 0 saturated heterocycles. The minimum atomic E-state index is -2.27. The molecule has 1 heterocycles. The Bertz CT molecular complexity index is 452. The van der Waals surface area contributed by atoms with Crippen molar-refractivity contribution < 1.29 is 6.85 Å². The van der Waals surface area contributed by atoms with Crippen LogP contribution in [0.3, 0.4) is 0 Å². The Balaban J connectivity index is 2.55. The summed E-state index contributed by atoms with van der Waals surface area (Å²) in [5.74, 6) is -2.01. The molecule has 0 bridgehead atoms. The van der Waals surface area contributed by atoms with Crippen molar-refractivity contribution in [2.75, 3.05) is 0 Å². The van der Waals surface area contributed by atoms with Crippen LogP contribution in [-0.2, 0) is 0 Å². The molecule has 1 aromatic rings. The topological polar surface area (TPSA) is 32.9 Å².